The average Bonchev–Trinajstić information content (AvgIpc) is 1.81. The van der Waals surface area contributed by atoms with Gasteiger partial charge in [-0.25, -0.2) is 0 Å². The second kappa shape index (κ2) is 3.62. The smallest absolute Gasteiger partial charge is 0.206 e. The Bertz CT molecular complexity index is 180. The molecule has 0 aromatic carbocycles. The lowest BCUT2D eigenvalue weighted by molar-refractivity contribution is 0.443. The third kappa shape index (κ3) is 1.99. The lowest BCUT2D eigenvalue weighted by Crippen LogP contribution is -2.82. The van der Waals surface area contributed by atoms with E-state index in [2.05, 4.69) is 54.7 Å². The van der Waals surface area contributed by atoms with Crippen molar-refractivity contribution in [2.75, 3.05) is 0 Å². The van der Waals surface area contributed by atoms with Gasteiger partial charge >= 0.3 is 0 Å². The van der Waals surface area contributed by atoms with Crippen molar-refractivity contribution >= 4 is 26.5 Å². The lowest BCUT2D eigenvalue weighted by Gasteiger charge is -2.60. The highest BCUT2D eigenvalue weighted by Gasteiger charge is 2.50. The lowest BCUT2D eigenvalue weighted by atomic mass is 10.4. The van der Waals surface area contributed by atoms with Crippen molar-refractivity contribution in [3.8, 4) is 0 Å². The van der Waals surface area contributed by atoms with E-state index < -0.39 is 8.24 Å². The molecule has 1 rings (SSSR count). The van der Waals surface area contributed by atoms with E-state index in [9.17, 15) is 0 Å². The summed E-state index contributed by atoms with van der Waals surface area (Å²) in [5.74, 6) is 0. The van der Waals surface area contributed by atoms with Gasteiger partial charge in [0.15, 0.2) is 0 Å². The first-order valence-electron chi connectivity index (χ1n) is 5.03. The maximum atomic E-state index is 2.91. The first-order chi connectivity index (χ1) is 5.76. The molecule has 0 aromatic rings. The third-order valence-corrected chi connectivity index (χ3v) is 17.4. The molecule has 0 aromatic heterocycles. The molecule has 1 aliphatic heterocycles. The molecule has 0 N–H and O–H groups in total. The van der Waals surface area contributed by atoms with Crippen LogP contribution in [0.3, 0.4) is 0 Å². The number of hydrogen-bond acceptors (Lipinski definition) is 2. The summed E-state index contributed by atoms with van der Waals surface area (Å²) in [6, 6.07) is 0.769. The molecule has 13 heavy (non-hydrogen) atoms. The molecule has 0 unspecified atom stereocenters. The summed E-state index contributed by atoms with van der Waals surface area (Å²) in [5, 5.41) is 0. The Morgan fingerprint density at radius 1 is 1.00 bits per heavy atom. The Kier molecular flexibility index (Phi) is 3.24. The first-order valence-corrected chi connectivity index (χ1v) is 12.3. The summed E-state index contributed by atoms with van der Waals surface area (Å²) >= 11 is 0. The molecule has 0 amide bonds. The molecular weight excluding hydrogens is 208 g/mol. The molecule has 2 radical (unpaired) electrons. The summed E-state index contributed by atoms with van der Waals surface area (Å²) in [7, 11) is -1.61. The average molecular weight is 231 g/mol. The normalized spacial score (nSPS) is 24.0. The molecule has 76 valence electrons. The summed E-state index contributed by atoms with van der Waals surface area (Å²) in [6.45, 7) is 17.0. The standard InChI is InChI=1S/C8H22N2Si3/c1-8(2)9-11(3)10(12(9)4)13(5,6)7/h8H,1-7H3. The Morgan fingerprint density at radius 3 is 1.62 bits per heavy atom. The zero-order valence-electron chi connectivity index (χ0n) is 9.97. The summed E-state index contributed by atoms with van der Waals surface area (Å²) in [6.07, 6.45) is 0. The van der Waals surface area contributed by atoms with E-state index in [-0.39, 0.29) is 18.2 Å². The van der Waals surface area contributed by atoms with E-state index in [0.717, 1.165) is 6.04 Å². The molecule has 2 nitrogen and oxygen atoms in total. The van der Waals surface area contributed by atoms with Crippen molar-refractivity contribution in [3.05, 3.63) is 0 Å². The van der Waals surface area contributed by atoms with Crippen LogP contribution >= 0.6 is 0 Å². The van der Waals surface area contributed by atoms with Crippen LogP contribution in [0.1, 0.15) is 13.8 Å². The Hall–Kier alpha value is 0.571. The van der Waals surface area contributed by atoms with Crippen LogP contribution in [0.4, 0.5) is 0 Å². The second-order valence-electron chi connectivity index (χ2n) is 5.06. The van der Waals surface area contributed by atoms with Gasteiger partial charge in [0.05, 0.1) is 0 Å². The molecule has 0 bridgehead atoms. The Labute approximate surface area is 87.5 Å². The molecule has 1 aliphatic rings. The molecule has 0 aliphatic carbocycles. The largest absolute Gasteiger partial charge is 0.345 e. The van der Waals surface area contributed by atoms with Crippen LogP contribution in [0.15, 0.2) is 0 Å². The third-order valence-electron chi connectivity index (χ3n) is 2.53. The van der Waals surface area contributed by atoms with Crippen molar-refractivity contribution in [1.29, 1.82) is 0 Å². The van der Waals surface area contributed by atoms with Crippen LogP contribution in [-0.2, 0) is 0 Å². The Balaban J connectivity index is 2.67. The highest BCUT2D eigenvalue weighted by molar-refractivity contribution is 7.00. The van der Waals surface area contributed by atoms with Crippen LogP contribution in [-0.4, -0.2) is 40.6 Å². The number of nitrogens with zero attached hydrogens (tertiary/aromatic N) is 2. The minimum Gasteiger partial charge on any atom is -0.345 e. The van der Waals surface area contributed by atoms with Gasteiger partial charge in [-0.15, -0.1) is 0 Å². The van der Waals surface area contributed by atoms with Crippen LogP contribution in [0, 0.1) is 0 Å². The molecule has 0 saturated carbocycles. The van der Waals surface area contributed by atoms with E-state index in [1.807, 2.05) is 0 Å². The molecule has 1 saturated heterocycles. The first kappa shape index (κ1) is 11.6. The number of hydrogen-bond donors (Lipinski definition) is 0. The molecule has 1 fully saturated rings. The van der Waals surface area contributed by atoms with Crippen LogP contribution in [0.5, 0.6) is 0 Å². The van der Waals surface area contributed by atoms with E-state index in [1.165, 1.54) is 0 Å². The summed E-state index contributed by atoms with van der Waals surface area (Å²) < 4.78 is 5.69. The molecule has 1 heterocycles. The van der Waals surface area contributed by atoms with Gasteiger partial charge in [-0.05, 0) is 19.1 Å². The SMILES string of the molecule is CC(C)N1[Si](C)N([Si](C)(C)C)[Si]1C. The molecule has 5 heteroatoms. The molecule has 0 atom stereocenters. The predicted octanol–water partition coefficient (Wildman–Crippen LogP) is 2.08. The highest BCUT2D eigenvalue weighted by Crippen LogP contribution is 2.28. The van der Waals surface area contributed by atoms with Crippen LogP contribution in [0.25, 0.3) is 0 Å². The maximum Gasteiger partial charge on any atom is 0.206 e. The van der Waals surface area contributed by atoms with Crippen LogP contribution in [0.2, 0.25) is 32.7 Å². The van der Waals surface area contributed by atoms with Crippen LogP contribution < -0.4 is 0 Å². The van der Waals surface area contributed by atoms with Gasteiger partial charge < -0.3 is 8.13 Å². The molecular formula is C8H22N2Si3. The fourth-order valence-electron chi connectivity index (χ4n) is 2.36. The van der Waals surface area contributed by atoms with Crippen molar-refractivity contribution in [1.82, 2.24) is 8.13 Å². The topological polar surface area (TPSA) is 6.48 Å². The molecule has 0 spiro atoms. The van der Waals surface area contributed by atoms with E-state index >= 15 is 0 Å². The van der Waals surface area contributed by atoms with E-state index in [1.54, 1.807) is 0 Å². The zero-order valence-corrected chi connectivity index (χ0v) is 13.0. The highest BCUT2D eigenvalue weighted by atomic mass is 28.5. The van der Waals surface area contributed by atoms with Crippen molar-refractivity contribution in [3.63, 3.8) is 0 Å². The zero-order chi connectivity index (χ0) is 10.4. The fourth-order valence-corrected chi connectivity index (χ4v) is 17.6. The number of rotatable bonds is 2. The van der Waals surface area contributed by atoms with Gasteiger partial charge in [-0.2, -0.15) is 0 Å². The summed E-state index contributed by atoms with van der Waals surface area (Å²) in [4.78, 5) is 0. The second-order valence-corrected chi connectivity index (χ2v) is 15.7. The van der Waals surface area contributed by atoms with Gasteiger partial charge in [0.25, 0.3) is 0 Å². The summed E-state index contributed by atoms with van der Waals surface area (Å²) in [5.41, 5.74) is 0. The minimum absolute atomic E-state index is 0.302. The van der Waals surface area contributed by atoms with Crippen molar-refractivity contribution in [2.24, 2.45) is 0 Å². The van der Waals surface area contributed by atoms with Gasteiger partial charge in [-0.1, -0.05) is 33.5 Å². The van der Waals surface area contributed by atoms with E-state index in [4.69, 9.17) is 0 Å². The quantitative estimate of drug-likeness (QED) is 0.670. The predicted molar refractivity (Wildman–Crippen MR) is 65.4 cm³/mol. The van der Waals surface area contributed by atoms with Gasteiger partial charge in [0.2, 0.25) is 18.2 Å². The fraction of sp³-hybridized carbons (Fsp3) is 1.00. The van der Waals surface area contributed by atoms with E-state index in [0.29, 0.717) is 0 Å². The van der Waals surface area contributed by atoms with Gasteiger partial charge in [-0.3, -0.25) is 0 Å². The Morgan fingerprint density at radius 2 is 1.38 bits per heavy atom. The van der Waals surface area contributed by atoms with Crippen molar-refractivity contribution < 1.29 is 0 Å². The van der Waals surface area contributed by atoms with Gasteiger partial charge in [0, 0.05) is 0 Å². The minimum atomic E-state index is -1.01. The van der Waals surface area contributed by atoms with Crippen molar-refractivity contribution in [2.45, 2.75) is 52.6 Å². The van der Waals surface area contributed by atoms with Gasteiger partial charge in [0.1, 0.15) is 8.24 Å². The monoisotopic (exact) mass is 230 g/mol. The maximum absolute atomic E-state index is 2.91.